The second kappa shape index (κ2) is 5.33. The Labute approximate surface area is 116 Å². The average molecular weight is 274 g/mol. The Kier molecular flexibility index (Phi) is 3.57. The van der Waals surface area contributed by atoms with Crippen LogP contribution in [0.2, 0.25) is 0 Å². The molecule has 1 unspecified atom stereocenters. The Hall–Kier alpha value is -1.00. The maximum atomic E-state index is 4.43. The zero-order valence-electron chi connectivity index (χ0n) is 10.2. The summed E-state index contributed by atoms with van der Waals surface area (Å²) in [5.41, 5.74) is 2.52. The highest BCUT2D eigenvalue weighted by molar-refractivity contribution is 8.03. The third-order valence-corrected chi connectivity index (χ3v) is 5.44. The van der Waals surface area contributed by atoms with E-state index < -0.39 is 0 Å². The molecule has 0 saturated carbocycles. The van der Waals surface area contributed by atoms with E-state index >= 15 is 0 Å². The van der Waals surface area contributed by atoms with Crippen LogP contribution in [0, 0.1) is 6.92 Å². The highest BCUT2D eigenvalue weighted by atomic mass is 32.2. The van der Waals surface area contributed by atoms with Crippen molar-refractivity contribution >= 4 is 23.5 Å². The van der Waals surface area contributed by atoms with Gasteiger partial charge in [0.25, 0.3) is 0 Å². The van der Waals surface area contributed by atoms with Gasteiger partial charge in [-0.2, -0.15) is 0 Å². The molecule has 1 aromatic carbocycles. The van der Waals surface area contributed by atoms with E-state index in [0.29, 0.717) is 5.25 Å². The summed E-state index contributed by atoms with van der Waals surface area (Å²) in [6, 6.07) is 10.6. The van der Waals surface area contributed by atoms with Gasteiger partial charge in [-0.15, -0.1) is 11.8 Å². The van der Waals surface area contributed by atoms with Gasteiger partial charge in [0.2, 0.25) is 0 Å². The molecule has 1 aliphatic rings. The van der Waals surface area contributed by atoms with Gasteiger partial charge >= 0.3 is 0 Å². The molecule has 0 saturated heterocycles. The third kappa shape index (κ3) is 2.70. The smallest absolute Gasteiger partial charge is 0.187 e. The Balaban J connectivity index is 1.60. The Morgan fingerprint density at radius 2 is 2.22 bits per heavy atom. The standard InChI is InChI=1S/C14H14N2S2/c1-10-6-7-15-14(16-10)17-9-12-8-11-4-2-3-5-13(11)18-12/h2-7,12H,8-9H2,1H3. The zero-order chi connectivity index (χ0) is 12.4. The molecule has 2 aromatic rings. The van der Waals surface area contributed by atoms with Crippen LogP contribution in [0.5, 0.6) is 0 Å². The Morgan fingerprint density at radius 3 is 3.06 bits per heavy atom. The van der Waals surface area contributed by atoms with Gasteiger partial charge < -0.3 is 0 Å². The molecule has 0 radical (unpaired) electrons. The molecule has 18 heavy (non-hydrogen) atoms. The molecule has 1 aliphatic heterocycles. The molecule has 0 fully saturated rings. The molecular formula is C14H14N2S2. The molecule has 0 N–H and O–H groups in total. The summed E-state index contributed by atoms with van der Waals surface area (Å²) in [4.78, 5) is 10.2. The predicted octanol–water partition coefficient (Wildman–Crippen LogP) is 3.59. The van der Waals surface area contributed by atoms with Crippen LogP contribution in [0.4, 0.5) is 0 Å². The van der Waals surface area contributed by atoms with E-state index in [4.69, 9.17) is 0 Å². The number of benzene rings is 1. The number of hydrogen-bond donors (Lipinski definition) is 0. The second-order valence-electron chi connectivity index (χ2n) is 4.34. The summed E-state index contributed by atoms with van der Waals surface area (Å²) >= 11 is 3.74. The van der Waals surface area contributed by atoms with E-state index in [-0.39, 0.29) is 0 Å². The molecule has 92 valence electrons. The average Bonchev–Trinajstić information content (AvgIpc) is 2.79. The first-order chi connectivity index (χ1) is 8.81. The van der Waals surface area contributed by atoms with Crippen molar-refractivity contribution in [2.24, 2.45) is 0 Å². The summed E-state index contributed by atoms with van der Waals surface area (Å²) in [5.74, 6) is 1.07. The van der Waals surface area contributed by atoms with E-state index in [1.165, 1.54) is 16.9 Å². The topological polar surface area (TPSA) is 25.8 Å². The van der Waals surface area contributed by atoms with Gasteiger partial charge in [0.05, 0.1) is 0 Å². The number of thioether (sulfide) groups is 2. The van der Waals surface area contributed by atoms with Crippen molar-refractivity contribution in [1.82, 2.24) is 9.97 Å². The maximum absolute atomic E-state index is 4.43. The van der Waals surface area contributed by atoms with Crippen molar-refractivity contribution in [3.63, 3.8) is 0 Å². The fourth-order valence-electron chi connectivity index (χ4n) is 2.01. The van der Waals surface area contributed by atoms with Crippen molar-refractivity contribution in [2.45, 2.75) is 28.6 Å². The van der Waals surface area contributed by atoms with Crippen LogP contribution < -0.4 is 0 Å². The van der Waals surface area contributed by atoms with E-state index in [0.717, 1.165) is 16.6 Å². The first-order valence-corrected chi connectivity index (χ1v) is 7.85. The van der Waals surface area contributed by atoms with Gasteiger partial charge in [0.15, 0.2) is 5.16 Å². The van der Waals surface area contributed by atoms with Crippen LogP contribution in [0.25, 0.3) is 0 Å². The molecule has 0 bridgehead atoms. The Bertz CT molecular complexity index is 532. The van der Waals surface area contributed by atoms with Gasteiger partial charge in [-0.1, -0.05) is 30.0 Å². The lowest BCUT2D eigenvalue weighted by Crippen LogP contribution is -2.04. The van der Waals surface area contributed by atoms with Crippen LogP contribution in [0.3, 0.4) is 0 Å². The van der Waals surface area contributed by atoms with Crippen molar-refractivity contribution in [1.29, 1.82) is 0 Å². The van der Waals surface area contributed by atoms with Crippen LogP contribution in [0.1, 0.15) is 11.3 Å². The van der Waals surface area contributed by atoms with Crippen molar-refractivity contribution < 1.29 is 0 Å². The van der Waals surface area contributed by atoms with Gasteiger partial charge in [-0.25, -0.2) is 9.97 Å². The second-order valence-corrected chi connectivity index (χ2v) is 6.67. The van der Waals surface area contributed by atoms with Gasteiger partial charge in [-0.3, -0.25) is 0 Å². The molecule has 0 spiro atoms. The van der Waals surface area contributed by atoms with Crippen molar-refractivity contribution in [2.75, 3.05) is 5.75 Å². The lowest BCUT2D eigenvalue weighted by Gasteiger charge is -2.06. The summed E-state index contributed by atoms with van der Waals surface area (Å²) in [6.07, 6.45) is 3.00. The van der Waals surface area contributed by atoms with E-state index in [2.05, 4.69) is 34.2 Å². The minimum absolute atomic E-state index is 0.650. The summed E-state index contributed by atoms with van der Waals surface area (Å²) in [7, 11) is 0. The summed E-state index contributed by atoms with van der Waals surface area (Å²) in [5, 5.41) is 1.54. The molecule has 1 aromatic heterocycles. The minimum atomic E-state index is 0.650. The minimum Gasteiger partial charge on any atom is -0.231 e. The number of nitrogens with zero attached hydrogens (tertiary/aromatic N) is 2. The van der Waals surface area contributed by atoms with E-state index in [1.807, 2.05) is 30.9 Å². The quantitative estimate of drug-likeness (QED) is 0.631. The summed E-state index contributed by atoms with van der Waals surface area (Å²) in [6.45, 7) is 2.01. The van der Waals surface area contributed by atoms with Crippen LogP contribution in [0.15, 0.2) is 46.6 Å². The van der Waals surface area contributed by atoms with Gasteiger partial charge in [-0.05, 0) is 31.0 Å². The summed E-state index contributed by atoms with van der Waals surface area (Å²) < 4.78 is 0. The monoisotopic (exact) mass is 274 g/mol. The first kappa shape index (κ1) is 12.1. The molecular weight excluding hydrogens is 260 g/mol. The van der Waals surface area contributed by atoms with Gasteiger partial charge in [0.1, 0.15) is 0 Å². The van der Waals surface area contributed by atoms with Gasteiger partial charge in [0, 0.05) is 27.8 Å². The molecule has 1 atom stereocenters. The fraction of sp³-hybridized carbons (Fsp3) is 0.286. The fourth-order valence-corrected chi connectivity index (χ4v) is 4.36. The molecule has 0 amide bonds. The number of aromatic nitrogens is 2. The largest absolute Gasteiger partial charge is 0.231 e. The van der Waals surface area contributed by atoms with E-state index in [9.17, 15) is 0 Å². The Morgan fingerprint density at radius 1 is 1.33 bits per heavy atom. The predicted molar refractivity (Wildman–Crippen MR) is 77.3 cm³/mol. The number of fused-ring (bicyclic) bond motifs is 1. The highest BCUT2D eigenvalue weighted by Crippen LogP contribution is 2.38. The number of rotatable bonds is 3. The lowest BCUT2D eigenvalue weighted by molar-refractivity contribution is 0.920. The third-order valence-electron chi connectivity index (χ3n) is 2.88. The molecule has 2 heterocycles. The number of hydrogen-bond acceptors (Lipinski definition) is 4. The molecule has 2 nitrogen and oxygen atoms in total. The van der Waals surface area contributed by atoms with Crippen molar-refractivity contribution in [3.05, 3.63) is 47.8 Å². The molecule has 0 aliphatic carbocycles. The number of aryl methyl sites for hydroxylation is 1. The SMILES string of the molecule is Cc1ccnc(SCC2Cc3ccccc3S2)n1. The van der Waals surface area contributed by atoms with Crippen LogP contribution in [-0.2, 0) is 6.42 Å². The maximum Gasteiger partial charge on any atom is 0.187 e. The molecule has 3 rings (SSSR count). The highest BCUT2D eigenvalue weighted by Gasteiger charge is 2.21. The van der Waals surface area contributed by atoms with Crippen LogP contribution >= 0.6 is 23.5 Å². The van der Waals surface area contributed by atoms with E-state index in [1.54, 1.807) is 11.8 Å². The zero-order valence-corrected chi connectivity index (χ0v) is 11.8. The normalized spacial score (nSPS) is 17.7. The molecule has 4 heteroatoms. The lowest BCUT2D eigenvalue weighted by atomic mass is 10.1. The van der Waals surface area contributed by atoms with Crippen LogP contribution in [-0.4, -0.2) is 21.0 Å². The van der Waals surface area contributed by atoms with Crippen molar-refractivity contribution in [3.8, 4) is 0 Å². The first-order valence-electron chi connectivity index (χ1n) is 5.98.